The van der Waals surface area contributed by atoms with Crippen molar-refractivity contribution in [1.82, 2.24) is 9.88 Å². The lowest BCUT2D eigenvalue weighted by atomic mass is 9.62. The number of aryl methyl sites for hydroxylation is 1. The Hall–Kier alpha value is -3.25. The number of rotatable bonds is 4. The summed E-state index contributed by atoms with van der Waals surface area (Å²) >= 11 is 5.87. The minimum atomic E-state index is -4.66. The number of hydrogen-bond acceptors (Lipinski definition) is 6. The lowest BCUT2D eigenvalue weighted by Crippen LogP contribution is -2.65. The Morgan fingerprint density at radius 1 is 1.18 bits per heavy atom. The molecular weight excluding hydrogens is 530 g/mol. The highest BCUT2D eigenvalue weighted by Gasteiger charge is 2.54. The number of hydrazone groups is 1. The number of carbonyl (C=O) groups excluding carboxylic acids is 2. The molecule has 3 heterocycles. The highest BCUT2D eigenvalue weighted by Crippen LogP contribution is 2.48. The maximum atomic E-state index is 13.7. The first kappa shape index (κ1) is 26.4. The van der Waals surface area contributed by atoms with Gasteiger partial charge >= 0.3 is 6.18 Å². The molecule has 1 unspecified atom stereocenters. The van der Waals surface area contributed by atoms with Crippen LogP contribution in [0.3, 0.4) is 0 Å². The average molecular weight is 554 g/mol. The van der Waals surface area contributed by atoms with Crippen molar-refractivity contribution >= 4 is 40.6 Å². The summed E-state index contributed by atoms with van der Waals surface area (Å²) in [6.45, 7) is 2.27. The normalized spacial score (nSPS) is 20.7. The molecule has 1 N–H and O–H groups in total. The number of aromatic nitrogens is 1. The summed E-state index contributed by atoms with van der Waals surface area (Å²) < 4.78 is 54.3. The van der Waals surface area contributed by atoms with Crippen LogP contribution in [0.25, 0.3) is 0 Å². The van der Waals surface area contributed by atoms with Gasteiger partial charge in [0.15, 0.2) is 0 Å². The molecule has 0 bridgehead atoms. The molecule has 202 valence electrons. The van der Waals surface area contributed by atoms with Crippen LogP contribution in [0.1, 0.15) is 30.5 Å². The third kappa shape index (κ3) is 4.71. The highest BCUT2D eigenvalue weighted by atomic mass is 35.5. The molecule has 1 saturated heterocycles. The summed E-state index contributed by atoms with van der Waals surface area (Å²) in [7, 11) is 1.41. The highest BCUT2D eigenvalue weighted by molar-refractivity contribution is 6.40. The van der Waals surface area contributed by atoms with E-state index in [0.717, 1.165) is 23.2 Å². The summed E-state index contributed by atoms with van der Waals surface area (Å²) in [6, 6.07) is 4.16. The minimum Gasteiger partial charge on any atom is -0.393 e. The van der Waals surface area contributed by atoms with Crippen LogP contribution in [0, 0.1) is 18.2 Å². The molecule has 0 radical (unpaired) electrons. The van der Waals surface area contributed by atoms with E-state index in [-0.39, 0.29) is 45.9 Å². The Bertz CT molecular complexity index is 1340. The fraction of sp³-hybridized carbons (Fsp3) is 0.440. The Morgan fingerprint density at radius 3 is 2.47 bits per heavy atom. The Morgan fingerprint density at radius 2 is 1.87 bits per heavy atom. The second kappa shape index (κ2) is 9.19. The number of anilines is 2. The number of benzene rings is 1. The summed E-state index contributed by atoms with van der Waals surface area (Å²) in [5.74, 6) is -1.93. The molecule has 1 spiro atoms. The van der Waals surface area contributed by atoms with Gasteiger partial charge < -0.3 is 14.9 Å². The van der Waals surface area contributed by atoms with Gasteiger partial charge in [0.25, 0.3) is 11.8 Å². The van der Waals surface area contributed by atoms with E-state index in [1.54, 1.807) is 4.90 Å². The van der Waals surface area contributed by atoms with Crippen molar-refractivity contribution in [3.8, 4) is 0 Å². The maximum Gasteiger partial charge on any atom is 0.416 e. The molecule has 5 rings (SSSR count). The number of carbonyl (C=O) groups is 2. The molecule has 1 aliphatic carbocycles. The van der Waals surface area contributed by atoms with Gasteiger partial charge in [-0.2, -0.15) is 18.3 Å². The van der Waals surface area contributed by atoms with E-state index in [1.165, 1.54) is 31.0 Å². The minimum absolute atomic E-state index is 0.0143. The van der Waals surface area contributed by atoms with Gasteiger partial charge in [-0.3, -0.25) is 9.59 Å². The first-order valence-electron chi connectivity index (χ1n) is 11.9. The molecule has 2 aliphatic heterocycles. The van der Waals surface area contributed by atoms with Crippen molar-refractivity contribution in [1.29, 1.82) is 0 Å². The molecular formula is C25H24ClF4N5O3. The third-order valence-electron chi connectivity index (χ3n) is 7.24. The van der Waals surface area contributed by atoms with Crippen LogP contribution in [0.5, 0.6) is 0 Å². The van der Waals surface area contributed by atoms with Gasteiger partial charge in [-0.25, -0.2) is 14.4 Å². The summed E-state index contributed by atoms with van der Waals surface area (Å²) in [4.78, 5) is 33.7. The molecule has 3 aliphatic rings. The van der Waals surface area contributed by atoms with Crippen molar-refractivity contribution in [2.75, 3.05) is 30.0 Å². The summed E-state index contributed by atoms with van der Waals surface area (Å²) in [6.07, 6.45) is -3.99. The van der Waals surface area contributed by atoms with E-state index in [2.05, 4.69) is 10.1 Å². The monoisotopic (exact) mass is 553 g/mol. The fourth-order valence-corrected chi connectivity index (χ4v) is 5.48. The zero-order valence-corrected chi connectivity index (χ0v) is 21.2. The van der Waals surface area contributed by atoms with Crippen molar-refractivity contribution in [3.05, 3.63) is 52.4 Å². The standard InChI is InChI=1S/C25H24ClF4N5O3/c1-13-5-14(25(28,29)30)6-21(31-13)35-20(23(38)33(2)15-3-4-18(27)17(26)7-15)8-19(32-35)22(37)34-11-24(12-34)9-16(36)10-24/h3-7,16,20,36H,8-12H2,1-2H3. The second-order valence-electron chi connectivity index (χ2n) is 10.2. The lowest BCUT2D eigenvalue weighted by molar-refractivity contribution is -0.156. The van der Waals surface area contributed by atoms with Crippen molar-refractivity contribution < 1.29 is 32.3 Å². The number of amides is 2. The number of pyridine rings is 1. The van der Waals surface area contributed by atoms with Gasteiger partial charge in [-0.15, -0.1) is 0 Å². The summed E-state index contributed by atoms with van der Waals surface area (Å²) in [5, 5.41) is 14.8. The van der Waals surface area contributed by atoms with Crippen molar-refractivity contribution in [3.63, 3.8) is 0 Å². The average Bonchev–Trinajstić information content (AvgIpc) is 3.25. The number of likely N-dealkylation sites (N-methyl/N-ethyl adjacent to an activating group) is 1. The van der Waals surface area contributed by atoms with E-state index in [4.69, 9.17) is 11.6 Å². The molecule has 1 aromatic carbocycles. The SMILES string of the molecule is Cc1cc(C(F)(F)F)cc(N2N=C(C(=O)N3CC4(CC(O)C4)C3)CC2C(=O)N(C)c2ccc(F)c(Cl)c2)n1. The van der Waals surface area contributed by atoms with Crippen molar-refractivity contribution in [2.24, 2.45) is 10.5 Å². The molecule has 2 amide bonds. The molecule has 38 heavy (non-hydrogen) atoms. The van der Waals surface area contributed by atoms with E-state index in [1.807, 2.05) is 0 Å². The van der Waals surface area contributed by atoms with E-state index in [0.29, 0.717) is 25.9 Å². The number of likely N-dealkylation sites (tertiary alicyclic amines) is 1. The van der Waals surface area contributed by atoms with Crippen molar-refractivity contribution in [2.45, 2.75) is 44.5 Å². The third-order valence-corrected chi connectivity index (χ3v) is 7.53. The second-order valence-corrected chi connectivity index (χ2v) is 10.6. The van der Waals surface area contributed by atoms with Gasteiger partial charge in [0.1, 0.15) is 23.4 Å². The van der Waals surface area contributed by atoms with E-state index in [9.17, 15) is 32.3 Å². The van der Waals surface area contributed by atoms with Crippen LogP contribution in [-0.4, -0.2) is 64.8 Å². The number of nitrogens with zero attached hydrogens (tertiary/aromatic N) is 5. The van der Waals surface area contributed by atoms with Gasteiger partial charge in [0.05, 0.1) is 16.7 Å². The smallest absolute Gasteiger partial charge is 0.393 e. The van der Waals surface area contributed by atoms with Gasteiger partial charge in [0, 0.05) is 43.4 Å². The van der Waals surface area contributed by atoms with Crippen LogP contribution < -0.4 is 9.91 Å². The zero-order valence-electron chi connectivity index (χ0n) is 20.5. The largest absolute Gasteiger partial charge is 0.416 e. The van der Waals surface area contributed by atoms with Crippen LogP contribution in [0.2, 0.25) is 5.02 Å². The molecule has 1 aromatic heterocycles. The summed E-state index contributed by atoms with van der Waals surface area (Å²) in [5.41, 5.74) is -0.746. The number of aliphatic hydroxyl groups is 1. The first-order valence-corrected chi connectivity index (χ1v) is 12.3. The predicted molar refractivity (Wildman–Crippen MR) is 131 cm³/mol. The number of halogens is 5. The quantitative estimate of drug-likeness (QED) is 0.582. The molecule has 1 saturated carbocycles. The molecule has 2 fully saturated rings. The van der Waals surface area contributed by atoms with E-state index >= 15 is 0 Å². The predicted octanol–water partition coefficient (Wildman–Crippen LogP) is 3.78. The first-order chi connectivity index (χ1) is 17.8. The molecule has 8 nitrogen and oxygen atoms in total. The fourth-order valence-electron chi connectivity index (χ4n) is 5.31. The lowest BCUT2D eigenvalue weighted by Gasteiger charge is -2.57. The van der Waals surface area contributed by atoms with Crippen LogP contribution in [0.15, 0.2) is 35.4 Å². The molecule has 13 heteroatoms. The zero-order chi connectivity index (χ0) is 27.6. The van der Waals surface area contributed by atoms with Crippen LogP contribution in [-0.2, 0) is 15.8 Å². The maximum absolute atomic E-state index is 13.7. The van der Waals surface area contributed by atoms with Gasteiger partial charge in [-0.05, 0) is 50.1 Å². The Labute approximate surface area is 220 Å². The molecule has 2 aromatic rings. The number of alkyl halides is 3. The van der Waals surface area contributed by atoms with E-state index < -0.39 is 35.4 Å². The number of aliphatic hydroxyl groups excluding tert-OH is 1. The Kier molecular flexibility index (Phi) is 6.38. The Balaban J connectivity index is 1.45. The van der Waals surface area contributed by atoms with Gasteiger partial charge in [0.2, 0.25) is 0 Å². The molecule has 1 atom stereocenters. The topological polar surface area (TPSA) is 89.3 Å². The van der Waals surface area contributed by atoms with Crippen LogP contribution >= 0.6 is 11.6 Å². The van der Waals surface area contributed by atoms with Crippen LogP contribution in [0.4, 0.5) is 29.1 Å². The van der Waals surface area contributed by atoms with Gasteiger partial charge in [-0.1, -0.05) is 11.6 Å². The number of hydrogen-bond donors (Lipinski definition) is 1.